The van der Waals surface area contributed by atoms with Gasteiger partial charge in [-0.15, -0.1) is 0 Å². The summed E-state index contributed by atoms with van der Waals surface area (Å²) in [5, 5.41) is 0. The maximum absolute atomic E-state index is 11.5. The molecular weight excluding hydrogens is 166 g/mol. The van der Waals surface area contributed by atoms with Gasteiger partial charge in [0.25, 0.3) is 0 Å². The Labute approximate surface area is 80.7 Å². The van der Waals surface area contributed by atoms with Crippen LogP contribution in [0.1, 0.15) is 13.8 Å². The predicted molar refractivity (Wildman–Crippen MR) is 54.5 cm³/mol. The number of nitrogens with two attached hydrogens (primary N) is 1. The third-order valence-corrected chi connectivity index (χ3v) is 2.15. The zero-order valence-electron chi connectivity index (χ0n) is 8.92. The number of rotatable bonds is 6. The van der Waals surface area contributed by atoms with Crippen LogP contribution in [0.15, 0.2) is 0 Å². The van der Waals surface area contributed by atoms with E-state index in [1.54, 1.807) is 4.90 Å². The Hall–Kier alpha value is -0.610. The molecule has 2 N–H and O–H groups in total. The molecular formula is C9H21N3O. The Balaban J connectivity index is 3.85. The van der Waals surface area contributed by atoms with Crippen molar-refractivity contribution in [3.8, 4) is 0 Å². The van der Waals surface area contributed by atoms with Gasteiger partial charge in [-0.1, -0.05) is 6.92 Å². The van der Waals surface area contributed by atoms with Gasteiger partial charge in [-0.3, -0.25) is 9.69 Å². The van der Waals surface area contributed by atoms with Crippen LogP contribution in [0, 0.1) is 0 Å². The fraction of sp³-hybridized carbons (Fsp3) is 0.889. The van der Waals surface area contributed by atoms with Crippen molar-refractivity contribution in [2.75, 3.05) is 39.8 Å². The maximum Gasteiger partial charge on any atom is 0.236 e. The third-order valence-electron chi connectivity index (χ3n) is 2.15. The summed E-state index contributed by atoms with van der Waals surface area (Å²) in [4.78, 5) is 15.2. The fourth-order valence-electron chi connectivity index (χ4n) is 1.02. The lowest BCUT2D eigenvalue weighted by Gasteiger charge is -2.22. The Morgan fingerprint density at radius 3 is 2.31 bits per heavy atom. The van der Waals surface area contributed by atoms with E-state index < -0.39 is 0 Å². The van der Waals surface area contributed by atoms with Crippen LogP contribution in [0.3, 0.4) is 0 Å². The Bertz CT molecular complexity index is 150. The molecule has 0 aromatic carbocycles. The summed E-state index contributed by atoms with van der Waals surface area (Å²) in [5.41, 5.74) is 5.42. The van der Waals surface area contributed by atoms with Crippen molar-refractivity contribution >= 4 is 5.91 Å². The predicted octanol–water partition coefficient (Wildman–Crippen LogP) is -0.255. The largest absolute Gasteiger partial charge is 0.345 e. The number of carbonyl (C=O) groups excluding carboxylic acids is 1. The van der Waals surface area contributed by atoms with E-state index in [9.17, 15) is 4.79 Å². The molecule has 0 aliphatic heterocycles. The molecule has 0 spiro atoms. The standard InChI is InChI=1S/C9H21N3O/c1-4-11(3)9(13)8-12(5-2)7-6-10/h4-8,10H2,1-3H3. The molecule has 0 aromatic heterocycles. The molecule has 13 heavy (non-hydrogen) atoms. The molecule has 78 valence electrons. The summed E-state index contributed by atoms with van der Waals surface area (Å²) in [6.07, 6.45) is 0. The van der Waals surface area contributed by atoms with Crippen molar-refractivity contribution in [1.82, 2.24) is 9.80 Å². The van der Waals surface area contributed by atoms with Crippen LogP contribution in [0.5, 0.6) is 0 Å². The summed E-state index contributed by atoms with van der Waals surface area (Å²) in [6, 6.07) is 0. The number of carbonyl (C=O) groups is 1. The molecule has 0 unspecified atom stereocenters. The topological polar surface area (TPSA) is 49.6 Å². The molecule has 1 amide bonds. The minimum atomic E-state index is 0.165. The second-order valence-electron chi connectivity index (χ2n) is 3.07. The quantitative estimate of drug-likeness (QED) is 0.623. The summed E-state index contributed by atoms with van der Waals surface area (Å²) in [7, 11) is 1.82. The van der Waals surface area contributed by atoms with Crippen LogP contribution in [0.2, 0.25) is 0 Å². The van der Waals surface area contributed by atoms with Gasteiger partial charge in [-0.25, -0.2) is 0 Å². The van der Waals surface area contributed by atoms with Crippen molar-refractivity contribution in [1.29, 1.82) is 0 Å². The molecule has 0 aromatic rings. The highest BCUT2D eigenvalue weighted by atomic mass is 16.2. The first-order valence-corrected chi connectivity index (χ1v) is 4.82. The lowest BCUT2D eigenvalue weighted by atomic mass is 10.4. The van der Waals surface area contributed by atoms with Gasteiger partial charge in [-0.05, 0) is 13.5 Å². The van der Waals surface area contributed by atoms with Gasteiger partial charge < -0.3 is 10.6 Å². The Morgan fingerprint density at radius 1 is 1.31 bits per heavy atom. The highest BCUT2D eigenvalue weighted by molar-refractivity contribution is 5.77. The molecule has 0 heterocycles. The summed E-state index contributed by atoms with van der Waals surface area (Å²) in [5.74, 6) is 0.165. The fourth-order valence-corrected chi connectivity index (χ4v) is 1.02. The van der Waals surface area contributed by atoms with Gasteiger partial charge in [0.05, 0.1) is 6.54 Å². The zero-order chi connectivity index (χ0) is 10.3. The molecule has 0 saturated heterocycles. The minimum absolute atomic E-state index is 0.165. The molecule has 0 aliphatic carbocycles. The molecule has 0 aliphatic rings. The first kappa shape index (κ1) is 12.4. The van der Waals surface area contributed by atoms with E-state index >= 15 is 0 Å². The summed E-state index contributed by atoms with van der Waals surface area (Å²) >= 11 is 0. The zero-order valence-corrected chi connectivity index (χ0v) is 8.92. The Morgan fingerprint density at radius 2 is 1.92 bits per heavy atom. The first-order chi connectivity index (χ1) is 6.15. The second-order valence-corrected chi connectivity index (χ2v) is 3.07. The van der Waals surface area contributed by atoms with Crippen molar-refractivity contribution in [3.63, 3.8) is 0 Å². The maximum atomic E-state index is 11.5. The van der Waals surface area contributed by atoms with E-state index in [2.05, 4.69) is 4.90 Å². The number of hydrogen-bond donors (Lipinski definition) is 1. The van der Waals surface area contributed by atoms with Gasteiger partial charge in [0.15, 0.2) is 0 Å². The van der Waals surface area contributed by atoms with E-state index in [4.69, 9.17) is 5.73 Å². The van der Waals surface area contributed by atoms with Crippen molar-refractivity contribution in [3.05, 3.63) is 0 Å². The lowest BCUT2D eigenvalue weighted by molar-refractivity contribution is -0.130. The van der Waals surface area contributed by atoms with E-state index in [0.29, 0.717) is 13.1 Å². The Kier molecular flexibility index (Phi) is 6.54. The van der Waals surface area contributed by atoms with Crippen LogP contribution in [-0.4, -0.2) is 55.5 Å². The molecule has 4 heteroatoms. The molecule has 0 atom stereocenters. The van der Waals surface area contributed by atoms with Crippen molar-refractivity contribution < 1.29 is 4.79 Å². The number of likely N-dealkylation sites (N-methyl/N-ethyl adjacent to an activating group) is 2. The van der Waals surface area contributed by atoms with E-state index in [0.717, 1.165) is 19.6 Å². The molecule has 0 bridgehead atoms. The monoisotopic (exact) mass is 187 g/mol. The van der Waals surface area contributed by atoms with Gasteiger partial charge in [-0.2, -0.15) is 0 Å². The molecule has 4 nitrogen and oxygen atoms in total. The van der Waals surface area contributed by atoms with Crippen molar-refractivity contribution in [2.24, 2.45) is 5.73 Å². The molecule has 0 rings (SSSR count). The van der Waals surface area contributed by atoms with Crippen LogP contribution in [0.4, 0.5) is 0 Å². The highest BCUT2D eigenvalue weighted by Crippen LogP contribution is 1.90. The highest BCUT2D eigenvalue weighted by Gasteiger charge is 2.10. The van der Waals surface area contributed by atoms with Crippen LogP contribution < -0.4 is 5.73 Å². The lowest BCUT2D eigenvalue weighted by Crippen LogP contribution is -2.40. The SMILES string of the molecule is CCN(CCN)CC(=O)N(C)CC. The van der Waals surface area contributed by atoms with Gasteiger partial charge in [0, 0.05) is 26.7 Å². The average Bonchev–Trinajstić information content (AvgIpc) is 2.15. The van der Waals surface area contributed by atoms with E-state index in [1.165, 1.54) is 0 Å². The minimum Gasteiger partial charge on any atom is -0.345 e. The van der Waals surface area contributed by atoms with Gasteiger partial charge in [0.2, 0.25) is 5.91 Å². The van der Waals surface area contributed by atoms with Gasteiger partial charge >= 0.3 is 0 Å². The van der Waals surface area contributed by atoms with Gasteiger partial charge in [0.1, 0.15) is 0 Å². The number of nitrogens with zero attached hydrogens (tertiary/aromatic N) is 2. The summed E-state index contributed by atoms with van der Waals surface area (Å²) < 4.78 is 0. The average molecular weight is 187 g/mol. The smallest absolute Gasteiger partial charge is 0.236 e. The first-order valence-electron chi connectivity index (χ1n) is 4.82. The van der Waals surface area contributed by atoms with Crippen LogP contribution >= 0.6 is 0 Å². The second kappa shape index (κ2) is 6.86. The number of amides is 1. The molecule has 0 radical (unpaired) electrons. The van der Waals surface area contributed by atoms with Crippen molar-refractivity contribution in [2.45, 2.75) is 13.8 Å². The summed E-state index contributed by atoms with van der Waals surface area (Å²) in [6.45, 7) is 7.53. The molecule has 0 saturated carbocycles. The van der Waals surface area contributed by atoms with Crippen LogP contribution in [-0.2, 0) is 4.79 Å². The van der Waals surface area contributed by atoms with E-state index in [1.807, 2.05) is 20.9 Å². The number of hydrogen-bond acceptors (Lipinski definition) is 3. The normalized spacial score (nSPS) is 10.5. The third kappa shape index (κ3) is 4.85. The van der Waals surface area contributed by atoms with Crippen LogP contribution in [0.25, 0.3) is 0 Å². The van der Waals surface area contributed by atoms with E-state index in [-0.39, 0.29) is 5.91 Å². The molecule has 0 fully saturated rings.